The Kier molecular flexibility index (Phi) is 4.73. The Morgan fingerprint density at radius 1 is 1.14 bits per heavy atom. The summed E-state index contributed by atoms with van der Waals surface area (Å²) < 4.78 is 11.6. The van der Waals surface area contributed by atoms with Gasteiger partial charge in [0.15, 0.2) is 5.75 Å². The quantitative estimate of drug-likeness (QED) is 0.325. The number of hydrogen-bond donors (Lipinski definition) is 3. The minimum atomic E-state index is -0.214. The van der Waals surface area contributed by atoms with Crippen LogP contribution in [-0.4, -0.2) is 45.1 Å². The lowest BCUT2D eigenvalue weighted by Gasteiger charge is -2.23. The summed E-state index contributed by atoms with van der Waals surface area (Å²) in [6.07, 6.45) is 7.37. The van der Waals surface area contributed by atoms with E-state index in [-0.39, 0.29) is 16.9 Å². The second-order valence-corrected chi connectivity index (χ2v) is 10.7. The minimum absolute atomic E-state index is 0.0804. The first-order chi connectivity index (χ1) is 17.9. The van der Waals surface area contributed by atoms with Crippen LogP contribution in [0.25, 0.3) is 22.3 Å². The van der Waals surface area contributed by atoms with E-state index >= 15 is 0 Å². The molecule has 1 aromatic carbocycles. The first kappa shape index (κ1) is 22.4. The summed E-state index contributed by atoms with van der Waals surface area (Å²) in [4.78, 5) is 30.5. The van der Waals surface area contributed by atoms with Gasteiger partial charge in [0.2, 0.25) is 0 Å². The molecule has 2 fully saturated rings. The van der Waals surface area contributed by atoms with Crippen molar-refractivity contribution < 1.29 is 14.3 Å². The molecule has 1 spiro atoms. The molecule has 0 atom stereocenters. The molecule has 0 bridgehead atoms. The molecule has 0 radical (unpaired) electrons. The van der Waals surface area contributed by atoms with Gasteiger partial charge < -0.3 is 25.1 Å². The number of aromatic amines is 1. The normalized spacial score (nSPS) is 18.3. The number of para-hydroxylation sites is 1. The number of halogens is 1. The summed E-state index contributed by atoms with van der Waals surface area (Å²) in [5.41, 5.74) is 5.34. The van der Waals surface area contributed by atoms with Crippen molar-refractivity contribution in [1.82, 2.24) is 25.3 Å². The number of pyridine rings is 1. The van der Waals surface area contributed by atoms with Crippen LogP contribution in [0.3, 0.4) is 0 Å². The molecular formula is C27H25ClN6O3. The van der Waals surface area contributed by atoms with Gasteiger partial charge in [-0.2, -0.15) is 4.98 Å². The summed E-state index contributed by atoms with van der Waals surface area (Å²) in [7, 11) is 1.57. The zero-order chi connectivity index (χ0) is 25.4. The Hall–Kier alpha value is -3.85. The summed E-state index contributed by atoms with van der Waals surface area (Å²) in [5.74, 6) is 0.370. The van der Waals surface area contributed by atoms with Crippen molar-refractivity contribution in [2.45, 2.75) is 43.6 Å². The van der Waals surface area contributed by atoms with E-state index < -0.39 is 0 Å². The lowest BCUT2D eigenvalue weighted by Crippen LogP contribution is -2.39. The Morgan fingerprint density at radius 3 is 2.73 bits per heavy atom. The monoisotopic (exact) mass is 516 g/mol. The highest BCUT2D eigenvalue weighted by molar-refractivity contribution is 6.32. The molecule has 7 rings (SSSR count). The molecule has 2 saturated carbocycles. The number of methoxy groups -OCH3 is 1. The fourth-order valence-electron chi connectivity index (χ4n) is 5.08. The Bertz CT molecular complexity index is 1590. The summed E-state index contributed by atoms with van der Waals surface area (Å²) >= 11 is 6.42. The molecule has 188 valence electrons. The van der Waals surface area contributed by atoms with Gasteiger partial charge in [0.25, 0.3) is 5.91 Å². The Balaban J connectivity index is 1.44. The molecule has 0 saturated heterocycles. The number of nitrogens with one attached hydrogen (secondary N) is 3. The van der Waals surface area contributed by atoms with E-state index in [1.165, 1.54) is 0 Å². The van der Waals surface area contributed by atoms with Crippen molar-refractivity contribution in [2.24, 2.45) is 0 Å². The smallest absolute Gasteiger partial charge is 0.317 e. The van der Waals surface area contributed by atoms with Crippen LogP contribution < -0.4 is 20.1 Å². The number of carbonyl (C=O) groups excluding carboxylic acids is 1. The number of fused-ring (bicyclic) bond motifs is 3. The van der Waals surface area contributed by atoms with Gasteiger partial charge >= 0.3 is 6.01 Å². The molecule has 1 aliphatic heterocycles. The van der Waals surface area contributed by atoms with Gasteiger partial charge in [0, 0.05) is 29.4 Å². The number of carbonyl (C=O) groups is 1. The number of nitrogens with zero attached hydrogens (tertiary/aromatic N) is 3. The third kappa shape index (κ3) is 3.60. The molecule has 0 unspecified atom stereocenters. The molecular weight excluding hydrogens is 492 g/mol. The van der Waals surface area contributed by atoms with Crippen molar-refractivity contribution >= 4 is 39.9 Å². The molecule has 3 N–H and O–H groups in total. The maximum atomic E-state index is 13.3. The van der Waals surface area contributed by atoms with E-state index in [1.54, 1.807) is 25.6 Å². The molecule has 4 aromatic rings. The van der Waals surface area contributed by atoms with Gasteiger partial charge in [-0.3, -0.25) is 9.78 Å². The van der Waals surface area contributed by atoms with Crippen molar-refractivity contribution in [3.63, 3.8) is 0 Å². The molecule has 9 nitrogen and oxygen atoms in total. The standard InChI is InChI=1S/C27H25ClN6O3/c1-26(7-8-26)37-25-30-12-17-19(34-25)14(6-11-29-17)20-21(32-16-5-3-4-15(28)22(16)36-2)18-23(33-20)27(9-10-27)13-31-24(18)35/h3-6,11-12,32-33H,7-10,13H2,1-2H3,(H,31,35). The highest BCUT2D eigenvalue weighted by atomic mass is 35.5. The van der Waals surface area contributed by atoms with Crippen LogP contribution in [0.15, 0.2) is 36.7 Å². The third-order valence-electron chi connectivity index (χ3n) is 7.65. The van der Waals surface area contributed by atoms with Gasteiger partial charge in [-0.05, 0) is 50.8 Å². The first-order valence-corrected chi connectivity index (χ1v) is 12.7. The van der Waals surface area contributed by atoms with Gasteiger partial charge in [-0.25, -0.2) is 4.98 Å². The van der Waals surface area contributed by atoms with Gasteiger partial charge in [0.1, 0.15) is 16.6 Å². The second kappa shape index (κ2) is 7.82. The predicted octanol–water partition coefficient (Wildman–Crippen LogP) is 5.13. The van der Waals surface area contributed by atoms with E-state index in [0.717, 1.165) is 42.6 Å². The zero-order valence-electron chi connectivity index (χ0n) is 20.4. The van der Waals surface area contributed by atoms with Crippen LogP contribution in [0.5, 0.6) is 11.8 Å². The fraction of sp³-hybridized carbons (Fsp3) is 0.333. The van der Waals surface area contributed by atoms with E-state index in [0.29, 0.717) is 51.3 Å². The van der Waals surface area contributed by atoms with Crippen molar-refractivity contribution in [3.05, 3.63) is 52.9 Å². The Morgan fingerprint density at radius 2 is 1.97 bits per heavy atom. The van der Waals surface area contributed by atoms with E-state index in [1.807, 2.05) is 18.2 Å². The average Bonchev–Trinajstić information content (AvgIpc) is 3.80. The first-order valence-electron chi connectivity index (χ1n) is 12.4. The second-order valence-electron chi connectivity index (χ2n) is 10.3. The largest absolute Gasteiger partial charge is 0.493 e. The molecule has 2 aliphatic carbocycles. The lowest BCUT2D eigenvalue weighted by molar-refractivity contribution is 0.0938. The van der Waals surface area contributed by atoms with Crippen molar-refractivity contribution in [1.29, 1.82) is 0 Å². The van der Waals surface area contributed by atoms with Gasteiger partial charge in [0.05, 0.1) is 41.0 Å². The maximum Gasteiger partial charge on any atom is 0.317 e. The van der Waals surface area contributed by atoms with Crippen LogP contribution >= 0.6 is 11.6 Å². The van der Waals surface area contributed by atoms with Crippen LogP contribution in [0.4, 0.5) is 11.4 Å². The number of benzene rings is 1. The summed E-state index contributed by atoms with van der Waals surface area (Å²) in [6, 6.07) is 7.69. The fourth-order valence-corrected chi connectivity index (χ4v) is 5.33. The third-order valence-corrected chi connectivity index (χ3v) is 7.95. The predicted molar refractivity (Wildman–Crippen MR) is 140 cm³/mol. The van der Waals surface area contributed by atoms with Crippen LogP contribution in [0.2, 0.25) is 5.02 Å². The highest BCUT2D eigenvalue weighted by Crippen LogP contribution is 2.54. The maximum absolute atomic E-state index is 13.3. The van der Waals surface area contributed by atoms with Crippen molar-refractivity contribution in [3.8, 4) is 23.0 Å². The minimum Gasteiger partial charge on any atom is -0.493 e. The Labute approximate surface area is 218 Å². The van der Waals surface area contributed by atoms with E-state index in [2.05, 4.69) is 32.5 Å². The lowest BCUT2D eigenvalue weighted by atomic mass is 9.93. The van der Waals surface area contributed by atoms with Gasteiger partial charge in [-0.1, -0.05) is 17.7 Å². The molecule has 10 heteroatoms. The number of H-pyrrole nitrogens is 1. The summed E-state index contributed by atoms with van der Waals surface area (Å²) in [6.45, 7) is 2.67. The molecule has 4 heterocycles. The van der Waals surface area contributed by atoms with Crippen LogP contribution in [0.1, 0.15) is 48.7 Å². The number of hydrogen-bond acceptors (Lipinski definition) is 7. The van der Waals surface area contributed by atoms with Crippen molar-refractivity contribution in [2.75, 3.05) is 19.0 Å². The molecule has 3 aliphatic rings. The number of aromatic nitrogens is 4. The SMILES string of the molecule is COc1c(Cl)cccc1Nc1c(-c2ccnc3cnc(OC4(C)CC4)nc23)[nH]c2c1C(=O)NCC21CC1. The number of rotatable bonds is 6. The van der Waals surface area contributed by atoms with Gasteiger partial charge in [-0.15, -0.1) is 0 Å². The number of anilines is 2. The zero-order valence-corrected chi connectivity index (χ0v) is 21.2. The summed E-state index contributed by atoms with van der Waals surface area (Å²) in [5, 5.41) is 7.02. The van der Waals surface area contributed by atoms with Crippen LogP contribution in [-0.2, 0) is 5.41 Å². The molecule has 3 aromatic heterocycles. The van der Waals surface area contributed by atoms with E-state index in [4.69, 9.17) is 26.1 Å². The average molecular weight is 517 g/mol. The topological polar surface area (TPSA) is 114 Å². The number of amides is 1. The van der Waals surface area contributed by atoms with E-state index in [9.17, 15) is 4.79 Å². The molecule has 1 amide bonds. The molecule has 37 heavy (non-hydrogen) atoms. The number of ether oxygens (including phenoxy) is 2. The highest BCUT2D eigenvalue weighted by Gasteiger charge is 2.51. The van der Waals surface area contributed by atoms with Crippen LogP contribution in [0, 0.1) is 0 Å².